The standard InChI is InChI=1S/C7H11N3OS/c1-2-5-3-9-7(12)10(5)4-6(8)11/h3H,2,4H2,1H3,(H2,8,11)(H,9,12). The molecule has 0 aliphatic carbocycles. The van der Waals surface area contributed by atoms with Gasteiger partial charge in [0.05, 0.1) is 0 Å². The minimum atomic E-state index is -0.375. The van der Waals surface area contributed by atoms with E-state index >= 15 is 0 Å². The number of aromatic amines is 1. The lowest BCUT2D eigenvalue weighted by Gasteiger charge is -2.02. The number of H-pyrrole nitrogens is 1. The van der Waals surface area contributed by atoms with E-state index in [1.807, 2.05) is 6.92 Å². The van der Waals surface area contributed by atoms with Gasteiger partial charge in [-0.25, -0.2) is 0 Å². The second-order valence-electron chi connectivity index (χ2n) is 2.49. The molecule has 1 rings (SSSR count). The predicted molar refractivity (Wildman–Crippen MR) is 48.2 cm³/mol. The van der Waals surface area contributed by atoms with Crippen LogP contribution < -0.4 is 5.73 Å². The van der Waals surface area contributed by atoms with Crippen LogP contribution in [0.4, 0.5) is 0 Å². The van der Waals surface area contributed by atoms with Crippen molar-refractivity contribution in [3.63, 3.8) is 0 Å². The molecule has 0 saturated carbocycles. The molecule has 1 aromatic rings. The highest BCUT2D eigenvalue weighted by atomic mass is 32.1. The van der Waals surface area contributed by atoms with Crippen molar-refractivity contribution in [2.45, 2.75) is 19.9 Å². The van der Waals surface area contributed by atoms with E-state index in [2.05, 4.69) is 4.98 Å². The van der Waals surface area contributed by atoms with Gasteiger partial charge in [-0.15, -0.1) is 0 Å². The van der Waals surface area contributed by atoms with Crippen LogP contribution in [0.15, 0.2) is 6.20 Å². The Morgan fingerprint density at radius 2 is 2.50 bits per heavy atom. The Morgan fingerprint density at radius 1 is 1.83 bits per heavy atom. The smallest absolute Gasteiger partial charge is 0.237 e. The van der Waals surface area contributed by atoms with Gasteiger partial charge in [0.15, 0.2) is 4.77 Å². The maximum absolute atomic E-state index is 10.6. The molecule has 0 fully saturated rings. The van der Waals surface area contributed by atoms with Crippen LogP contribution in [0.2, 0.25) is 0 Å². The molecule has 66 valence electrons. The quantitative estimate of drug-likeness (QED) is 0.677. The molecule has 0 unspecified atom stereocenters. The van der Waals surface area contributed by atoms with E-state index in [4.69, 9.17) is 18.0 Å². The first-order chi connectivity index (χ1) is 5.65. The van der Waals surface area contributed by atoms with Crippen LogP contribution in [0.1, 0.15) is 12.6 Å². The Morgan fingerprint density at radius 3 is 3.00 bits per heavy atom. The van der Waals surface area contributed by atoms with Gasteiger partial charge in [-0.2, -0.15) is 0 Å². The van der Waals surface area contributed by atoms with E-state index in [0.29, 0.717) is 4.77 Å². The van der Waals surface area contributed by atoms with Crippen molar-refractivity contribution in [1.29, 1.82) is 0 Å². The van der Waals surface area contributed by atoms with Crippen molar-refractivity contribution in [2.24, 2.45) is 5.73 Å². The van der Waals surface area contributed by atoms with Crippen LogP contribution in [0.3, 0.4) is 0 Å². The summed E-state index contributed by atoms with van der Waals surface area (Å²) >= 11 is 4.96. The summed E-state index contributed by atoms with van der Waals surface area (Å²) < 4.78 is 2.25. The molecule has 4 nitrogen and oxygen atoms in total. The third-order valence-corrected chi connectivity index (χ3v) is 1.97. The van der Waals surface area contributed by atoms with Crippen molar-refractivity contribution in [3.8, 4) is 0 Å². The molecule has 3 N–H and O–H groups in total. The predicted octanol–water partition coefficient (Wildman–Crippen LogP) is 0.593. The second kappa shape index (κ2) is 3.53. The van der Waals surface area contributed by atoms with Crippen molar-refractivity contribution < 1.29 is 4.79 Å². The van der Waals surface area contributed by atoms with E-state index < -0.39 is 0 Å². The fourth-order valence-electron chi connectivity index (χ4n) is 1.05. The molecule has 12 heavy (non-hydrogen) atoms. The Labute approximate surface area is 75.4 Å². The first kappa shape index (κ1) is 8.99. The van der Waals surface area contributed by atoms with E-state index in [0.717, 1.165) is 12.1 Å². The highest BCUT2D eigenvalue weighted by Crippen LogP contribution is 2.01. The maximum atomic E-state index is 10.6. The second-order valence-corrected chi connectivity index (χ2v) is 2.88. The lowest BCUT2D eigenvalue weighted by atomic mass is 10.3. The van der Waals surface area contributed by atoms with Gasteiger partial charge in [-0.1, -0.05) is 6.92 Å². The summed E-state index contributed by atoms with van der Waals surface area (Å²) in [6, 6.07) is 0. The SMILES string of the molecule is CCc1c[nH]c(=S)n1CC(N)=O. The van der Waals surface area contributed by atoms with Crippen molar-refractivity contribution in [3.05, 3.63) is 16.7 Å². The Kier molecular flexibility index (Phi) is 2.65. The van der Waals surface area contributed by atoms with E-state index in [1.165, 1.54) is 0 Å². The van der Waals surface area contributed by atoms with Gasteiger partial charge in [-0.05, 0) is 18.6 Å². The molecule has 1 heterocycles. The summed E-state index contributed by atoms with van der Waals surface area (Å²) in [5.41, 5.74) is 6.06. The minimum absolute atomic E-state index is 0.158. The lowest BCUT2D eigenvalue weighted by Crippen LogP contribution is -2.19. The average Bonchev–Trinajstić information content (AvgIpc) is 2.32. The first-order valence-corrected chi connectivity index (χ1v) is 4.11. The zero-order chi connectivity index (χ0) is 9.14. The van der Waals surface area contributed by atoms with Crippen LogP contribution in [-0.2, 0) is 17.8 Å². The van der Waals surface area contributed by atoms with Crippen molar-refractivity contribution >= 4 is 18.1 Å². The number of carbonyl (C=O) groups excluding carboxylic acids is 1. The number of hydrogen-bond donors (Lipinski definition) is 2. The monoisotopic (exact) mass is 185 g/mol. The summed E-state index contributed by atoms with van der Waals surface area (Å²) in [6.45, 7) is 2.15. The van der Waals surface area contributed by atoms with Crippen LogP contribution in [0.25, 0.3) is 0 Å². The molecular weight excluding hydrogens is 174 g/mol. The molecule has 0 bridgehead atoms. The van der Waals surface area contributed by atoms with Crippen LogP contribution in [-0.4, -0.2) is 15.5 Å². The zero-order valence-electron chi connectivity index (χ0n) is 6.83. The number of primary amides is 1. The van der Waals surface area contributed by atoms with E-state index in [-0.39, 0.29) is 12.5 Å². The molecule has 0 atom stereocenters. The third kappa shape index (κ3) is 1.73. The van der Waals surface area contributed by atoms with Gasteiger partial charge < -0.3 is 15.3 Å². The number of aromatic nitrogens is 2. The largest absolute Gasteiger partial charge is 0.368 e. The van der Waals surface area contributed by atoms with Gasteiger partial charge in [-0.3, -0.25) is 4.79 Å². The summed E-state index contributed by atoms with van der Waals surface area (Å²) in [4.78, 5) is 13.5. The summed E-state index contributed by atoms with van der Waals surface area (Å²) in [5, 5.41) is 0. The minimum Gasteiger partial charge on any atom is -0.368 e. The maximum Gasteiger partial charge on any atom is 0.237 e. The molecule has 0 saturated heterocycles. The van der Waals surface area contributed by atoms with Crippen molar-refractivity contribution in [1.82, 2.24) is 9.55 Å². The lowest BCUT2D eigenvalue weighted by molar-refractivity contribution is -0.118. The van der Waals surface area contributed by atoms with Crippen molar-refractivity contribution in [2.75, 3.05) is 0 Å². The number of nitrogens with two attached hydrogens (primary N) is 1. The summed E-state index contributed by atoms with van der Waals surface area (Å²) in [6.07, 6.45) is 2.63. The van der Waals surface area contributed by atoms with Crippen LogP contribution in [0, 0.1) is 4.77 Å². The fraction of sp³-hybridized carbons (Fsp3) is 0.429. The van der Waals surface area contributed by atoms with Gasteiger partial charge in [0.25, 0.3) is 0 Å². The number of imidazole rings is 1. The molecule has 0 aromatic carbocycles. The molecule has 0 aliphatic heterocycles. The molecule has 0 aliphatic rings. The van der Waals surface area contributed by atoms with Gasteiger partial charge in [0, 0.05) is 11.9 Å². The molecule has 0 spiro atoms. The Bertz CT molecular complexity index is 339. The normalized spacial score (nSPS) is 10.1. The van der Waals surface area contributed by atoms with Gasteiger partial charge >= 0.3 is 0 Å². The first-order valence-electron chi connectivity index (χ1n) is 3.70. The number of rotatable bonds is 3. The number of nitrogens with one attached hydrogen (secondary N) is 1. The van der Waals surface area contributed by atoms with E-state index in [9.17, 15) is 4.79 Å². The van der Waals surface area contributed by atoms with Gasteiger partial charge in [0.1, 0.15) is 6.54 Å². The fourth-order valence-corrected chi connectivity index (χ4v) is 1.29. The number of carbonyl (C=O) groups is 1. The number of aryl methyl sites for hydroxylation is 1. The summed E-state index contributed by atoms with van der Waals surface area (Å²) in [7, 11) is 0. The molecule has 1 amide bonds. The molecule has 1 aromatic heterocycles. The third-order valence-electron chi connectivity index (χ3n) is 1.63. The van der Waals surface area contributed by atoms with Gasteiger partial charge in [0.2, 0.25) is 5.91 Å². The topological polar surface area (TPSA) is 63.8 Å². The highest BCUT2D eigenvalue weighted by Gasteiger charge is 2.03. The molecule has 0 radical (unpaired) electrons. The Balaban J connectivity index is 3.02. The number of nitrogens with zero attached hydrogens (tertiary/aromatic N) is 1. The number of amides is 1. The summed E-state index contributed by atoms with van der Waals surface area (Å²) in [5.74, 6) is -0.375. The van der Waals surface area contributed by atoms with E-state index in [1.54, 1.807) is 10.8 Å². The zero-order valence-corrected chi connectivity index (χ0v) is 7.65. The molecule has 5 heteroatoms. The van der Waals surface area contributed by atoms with Crippen LogP contribution in [0.5, 0.6) is 0 Å². The molecular formula is C7H11N3OS. The average molecular weight is 185 g/mol. The van der Waals surface area contributed by atoms with Crippen LogP contribution >= 0.6 is 12.2 Å². The number of hydrogen-bond acceptors (Lipinski definition) is 2. The Hall–Kier alpha value is -1.10. The highest BCUT2D eigenvalue weighted by molar-refractivity contribution is 7.71.